The Labute approximate surface area is 203 Å². The van der Waals surface area contributed by atoms with E-state index < -0.39 is 29.2 Å². The van der Waals surface area contributed by atoms with E-state index in [2.05, 4.69) is 27.5 Å². The number of halogens is 3. The van der Waals surface area contributed by atoms with Crippen molar-refractivity contribution in [3.05, 3.63) is 83.2 Å². The lowest BCUT2D eigenvalue weighted by molar-refractivity contribution is -0.116. The minimum absolute atomic E-state index is 0.0820. The van der Waals surface area contributed by atoms with Crippen molar-refractivity contribution in [2.45, 2.75) is 31.9 Å². The molecule has 1 aliphatic carbocycles. The summed E-state index contributed by atoms with van der Waals surface area (Å²) in [5.41, 5.74) is 1.03. The maximum absolute atomic E-state index is 13.8. The summed E-state index contributed by atoms with van der Waals surface area (Å²) < 4.78 is 51.9. The van der Waals surface area contributed by atoms with Gasteiger partial charge in [0.1, 0.15) is 29.2 Å². The number of ether oxygens (including phenoxy) is 2. The summed E-state index contributed by atoms with van der Waals surface area (Å²) in [6.07, 6.45) is 5.56. The summed E-state index contributed by atoms with van der Waals surface area (Å²) >= 11 is 0. The van der Waals surface area contributed by atoms with Crippen LogP contribution < -0.4 is 20.7 Å². The predicted molar refractivity (Wildman–Crippen MR) is 123 cm³/mol. The molecule has 1 aromatic carbocycles. The van der Waals surface area contributed by atoms with Gasteiger partial charge >= 0.3 is 6.03 Å². The number of nitrogens with one attached hydrogen (secondary N) is 3. The van der Waals surface area contributed by atoms with Gasteiger partial charge in [-0.3, -0.25) is 4.79 Å². The first kappa shape index (κ1) is 23.5. The molecule has 1 saturated carbocycles. The van der Waals surface area contributed by atoms with Crippen LogP contribution in [0.5, 0.6) is 5.75 Å². The van der Waals surface area contributed by atoms with Crippen LogP contribution in [0.4, 0.5) is 29.5 Å². The monoisotopic (exact) mass is 498 g/mol. The van der Waals surface area contributed by atoms with Gasteiger partial charge in [0.15, 0.2) is 17.5 Å². The Morgan fingerprint density at radius 1 is 1.25 bits per heavy atom. The van der Waals surface area contributed by atoms with Crippen molar-refractivity contribution in [3.8, 4) is 5.75 Å². The fourth-order valence-corrected chi connectivity index (χ4v) is 4.24. The summed E-state index contributed by atoms with van der Waals surface area (Å²) in [4.78, 5) is 27.9. The average molecular weight is 498 g/mol. The van der Waals surface area contributed by atoms with Crippen LogP contribution in [0.2, 0.25) is 0 Å². The second kappa shape index (κ2) is 9.06. The second-order valence-corrected chi connectivity index (χ2v) is 8.58. The number of amides is 3. The third-order valence-corrected chi connectivity index (χ3v) is 6.13. The number of rotatable bonds is 5. The normalized spacial score (nSPS) is 23.4. The third kappa shape index (κ3) is 4.39. The lowest BCUT2D eigenvalue weighted by Crippen LogP contribution is -2.34. The Morgan fingerprint density at radius 3 is 2.81 bits per heavy atom. The highest BCUT2D eigenvalue weighted by molar-refractivity contribution is 5.93. The summed E-state index contributed by atoms with van der Waals surface area (Å²) in [5.74, 6) is -2.51. The first-order valence-corrected chi connectivity index (χ1v) is 11.1. The Kier molecular flexibility index (Phi) is 5.91. The number of carbonyl (C=O) groups excluding carboxylic acids is 2. The molecular formula is C25H21F3N4O4. The second-order valence-electron chi connectivity index (χ2n) is 8.58. The van der Waals surface area contributed by atoms with E-state index in [1.807, 2.05) is 0 Å². The van der Waals surface area contributed by atoms with Crippen molar-refractivity contribution in [3.63, 3.8) is 0 Å². The number of hydrogen-bond donors (Lipinski definition) is 3. The molecule has 186 valence electrons. The quantitative estimate of drug-likeness (QED) is 0.421. The van der Waals surface area contributed by atoms with E-state index in [4.69, 9.17) is 9.47 Å². The lowest BCUT2D eigenvalue weighted by atomic mass is 10.1. The van der Waals surface area contributed by atoms with Gasteiger partial charge in [0.25, 0.3) is 0 Å². The number of fused-ring (bicyclic) bond motifs is 2. The molecule has 0 spiro atoms. The topological polar surface area (TPSA) is 102 Å². The molecule has 3 aliphatic rings. The molecular weight excluding hydrogens is 477 g/mol. The molecule has 1 aromatic heterocycles. The predicted octanol–water partition coefficient (Wildman–Crippen LogP) is 4.33. The maximum atomic E-state index is 13.8. The van der Waals surface area contributed by atoms with Crippen molar-refractivity contribution >= 4 is 23.4 Å². The lowest BCUT2D eigenvalue weighted by Gasteiger charge is -2.18. The Bertz CT molecular complexity index is 1360. The van der Waals surface area contributed by atoms with Crippen molar-refractivity contribution in [2.75, 3.05) is 10.6 Å². The van der Waals surface area contributed by atoms with Gasteiger partial charge in [0.05, 0.1) is 17.6 Å². The molecule has 3 atom stereocenters. The zero-order valence-corrected chi connectivity index (χ0v) is 19.0. The van der Waals surface area contributed by atoms with E-state index in [1.54, 1.807) is 31.3 Å². The zero-order chi connectivity index (χ0) is 25.6. The largest absolute Gasteiger partial charge is 0.487 e. The molecule has 0 radical (unpaired) electrons. The fraction of sp³-hybridized carbons (Fsp3) is 0.240. The smallest absolute Gasteiger partial charge is 0.319 e. The summed E-state index contributed by atoms with van der Waals surface area (Å²) in [6.45, 7) is 5.80. The van der Waals surface area contributed by atoms with Crippen LogP contribution in [-0.2, 0) is 16.0 Å². The van der Waals surface area contributed by atoms with Crippen LogP contribution in [-0.4, -0.2) is 29.1 Å². The van der Waals surface area contributed by atoms with E-state index in [0.717, 1.165) is 17.7 Å². The van der Waals surface area contributed by atoms with E-state index >= 15 is 0 Å². The van der Waals surface area contributed by atoms with Crippen LogP contribution in [0, 0.1) is 23.4 Å². The van der Waals surface area contributed by atoms with Crippen LogP contribution in [0.15, 0.2) is 60.2 Å². The number of benzene rings is 1. The molecule has 3 N–H and O–H groups in total. The minimum Gasteiger partial charge on any atom is -0.487 e. The number of anilines is 2. The molecule has 36 heavy (non-hydrogen) atoms. The first-order chi connectivity index (χ1) is 17.2. The Morgan fingerprint density at radius 2 is 2.06 bits per heavy atom. The van der Waals surface area contributed by atoms with Gasteiger partial charge in [0.2, 0.25) is 5.91 Å². The van der Waals surface area contributed by atoms with E-state index in [9.17, 15) is 22.8 Å². The molecule has 1 saturated heterocycles. The van der Waals surface area contributed by atoms with Crippen molar-refractivity contribution in [1.82, 2.24) is 10.3 Å². The summed E-state index contributed by atoms with van der Waals surface area (Å²) in [7, 11) is 0. The molecule has 2 aliphatic heterocycles. The van der Waals surface area contributed by atoms with Gasteiger partial charge in [-0.05, 0) is 49.3 Å². The highest BCUT2D eigenvalue weighted by Gasteiger charge is 2.60. The van der Waals surface area contributed by atoms with Gasteiger partial charge in [-0.25, -0.2) is 22.9 Å². The van der Waals surface area contributed by atoms with Crippen LogP contribution >= 0.6 is 0 Å². The summed E-state index contributed by atoms with van der Waals surface area (Å²) in [5, 5.41) is 7.52. The van der Waals surface area contributed by atoms with E-state index in [0.29, 0.717) is 41.5 Å². The number of aromatic nitrogens is 1. The number of allylic oxidation sites excluding steroid dienone is 4. The molecule has 11 heteroatoms. The Balaban J connectivity index is 1.17. The van der Waals surface area contributed by atoms with Gasteiger partial charge in [-0.15, -0.1) is 0 Å². The zero-order valence-electron chi connectivity index (χ0n) is 19.0. The van der Waals surface area contributed by atoms with Gasteiger partial charge in [-0.2, -0.15) is 0 Å². The minimum atomic E-state index is -1.66. The maximum Gasteiger partial charge on any atom is 0.319 e. The highest BCUT2D eigenvalue weighted by Crippen LogP contribution is 2.50. The molecule has 2 aromatic rings. The molecule has 0 unspecified atom stereocenters. The Hall–Kier alpha value is -4.28. The van der Waals surface area contributed by atoms with Crippen molar-refractivity contribution in [2.24, 2.45) is 5.92 Å². The number of urea groups is 1. The third-order valence-electron chi connectivity index (χ3n) is 6.13. The van der Waals surface area contributed by atoms with Gasteiger partial charge in [0, 0.05) is 18.2 Å². The van der Waals surface area contributed by atoms with Gasteiger partial charge in [-0.1, -0.05) is 6.58 Å². The molecule has 2 fully saturated rings. The highest BCUT2D eigenvalue weighted by atomic mass is 19.2. The van der Waals surface area contributed by atoms with Gasteiger partial charge < -0.3 is 25.4 Å². The molecule has 3 amide bonds. The average Bonchev–Trinajstić information content (AvgIpc) is 3.40. The van der Waals surface area contributed by atoms with E-state index in [1.165, 1.54) is 0 Å². The molecule has 8 nitrogen and oxygen atoms in total. The van der Waals surface area contributed by atoms with E-state index in [-0.39, 0.29) is 24.0 Å². The van der Waals surface area contributed by atoms with Crippen molar-refractivity contribution < 1.29 is 32.2 Å². The standard InChI is InChI=1S/C25H21F3N4O4/c1-11(35-17-9-10-29-24-13(17)4-8-18(33)31-24)3-7-16-12(2)19-22(23(19)36-16)32-25(34)30-15-6-5-14(26)20(27)21(15)28/h3,5-7,9-10,19,22-23H,2,4,8H2,1H3,(H,29,31,33)(H2,30,32,34)/b11-3+,16-7+/t19-,22-,23-/m0/s1. The number of pyridine rings is 1. The summed E-state index contributed by atoms with van der Waals surface area (Å²) in [6, 6.07) is 2.23. The number of hydrogen-bond acceptors (Lipinski definition) is 5. The number of nitrogens with zero attached hydrogens (tertiary/aromatic N) is 1. The molecule has 0 bridgehead atoms. The SMILES string of the molecule is C=C1/C(=C\C=C(/C)Oc2ccnc3c2CCC(=O)N3)O[C@@H]2[C@@H](NC(=O)Nc3ccc(F)c(F)c3F)[C@H]12. The first-order valence-electron chi connectivity index (χ1n) is 11.1. The number of carbonyl (C=O) groups is 2. The fourth-order valence-electron chi connectivity index (χ4n) is 4.24. The molecule has 5 rings (SSSR count). The van der Waals surface area contributed by atoms with Crippen LogP contribution in [0.3, 0.4) is 0 Å². The van der Waals surface area contributed by atoms with Crippen LogP contribution in [0.1, 0.15) is 18.9 Å². The molecule has 3 heterocycles. The van der Waals surface area contributed by atoms with Crippen molar-refractivity contribution in [1.29, 1.82) is 0 Å². The van der Waals surface area contributed by atoms with Crippen LogP contribution in [0.25, 0.3) is 0 Å².